The molecule has 0 aliphatic heterocycles. The molecule has 2 N–H and O–H groups in total. The summed E-state index contributed by atoms with van der Waals surface area (Å²) in [5.74, 6) is 2.06. The van der Waals surface area contributed by atoms with Crippen molar-refractivity contribution in [1.29, 1.82) is 0 Å². The number of benzene rings is 2. The molecule has 0 fully saturated rings. The monoisotopic (exact) mass is 292 g/mol. The third-order valence-electron chi connectivity index (χ3n) is 3.86. The van der Waals surface area contributed by atoms with Crippen molar-refractivity contribution in [2.75, 3.05) is 0 Å². The van der Waals surface area contributed by atoms with E-state index in [0.29, 0.717) is 0 Å². The molecule has 0 bridgehead atoms. The Labute approximate surface area is 127 Å². The Balaban J connectivity index is 1.50. The van der Waals surface area contributed by atoms with Crippen LogP contribution in [-0.2, 0) is 11.5 Å². The number of H-pyrrole nitrogens is 2. The Morgan fingerprint density at radius 3 is 1.67 bits per heavy atom. The van der Waals surface area contributed by atoms with Crippen LogP contribution >= 0.6 is 11.8 Å². The number of hydrogen-bond donors (Lipinski definition) is 2. The summed E-state index contributed by atoms with van der Waals surface area (Å²) in [7, 11) is 0. The summed E-state index contributed by atoms with van der Waals surface area (Å²) < 4.78 is 0. The molecule has 0 saturated carbocycles. The molecule has 104 valence electrons. The van der Waals surface area contributed by atoms with Gasteiger partial charge >= 0.3 is 0 Å². The molecule has 2 aromatic heterocycles. The van der Waals surface area contributed by atoms with Crippen LogP contribution in [-0.4, -0.2) is 9.97 Å². The summed E-state index contributed by atoms with van der Waals surface area (Å²) >= 11 is 1.96. The van der Waals surface area contributed by atoms with E-state index in [-0.39, 0.29) is 0 Å². The average Bonchev–Trinajstić information content (AvgIpc) is 3.13. The van der Waals surface area contributed by atoms with Crippen molar-refractivity contribution in [1.82, 2.24) is 9.97 Å². The molecule has 4 aromatic rings. The highest BCUT2D eigenvalue weighted by atomic mass is 32.2. The summed E-state index contributed by atoms with van der Waals surface area (Å²) in [5.41, 5.74) is 5.21. The van der Waals surface area contributed by atoms with Gasteiger partial charge in [0.05, 0.1) is 0 Å². The van der Waals surface area contributed by atoms with Crippen LogP contribution in [0, 0.1) is 0 Å². The zero-order valence-corrected chi connectivity index (χ0v) is 12.4. The highest BCUT2D eigenvalue weighted by Gasteiger charge is 2.05. The van der Waals surface area contributed by atoms with E-state index < -0.39 is 0 Å². The molecule has 2 nitrogen and oxygen atoms in total. The molecular formula is C18H16N2S. The lowest BCUT2D eigenvalue weighted by Gasteiger charge is -2.00. The van der Waals surface area contributed by atoms with E-state index in [1.54, 1.807) is 0 Å². The van der Waals surface area contributed by atoms with E-state index in [4.69, 9.17) is 0 Å². The van der Waals surface area contributed by atoms with E-state index in [1.165, 1.54) is 32.9 Å². The Kier molecular flexibility index (Phi) is 3.20. The lowest BCUT2D eigenvalue weighted by Crippen LogP contribution is -1.81. The van der Waals surface area contributed by atoms with Gasteiger partial charge in [-0.2, -0.15) is 11.8 Å². The molecule has 0 unspecified atom stereocenters. The second kappa shape index (κ2) is 5.34. The number of hydrogen-bond acceptors (Lipinski definition) is 1. The number of rotatable bonds is 4. The maximum absolute atomic E-state index is 3.34. The molecule has 0 atom stereocenters. The lowest BCUT2D eigenvalue weighted by molar-refractivity contribution is 1.36. The number of aromatic nitrogens is 2. The Bertz CT molecular complexity index is 814. The Morgan fingerprint density at radius 2 is 1.14 bits per heavy atom. The van der Waals surface area contributed by atoms with Gasteiger partial charge in [-0.3, -0.25) is 0 Å². The molecule has 0 radical (unpaired) electrons. The van der Waals surface area contributed by atoms with Gasteiger partial charge in [-0.25, -0.2) is 0 Å². The summed E-state index contributed by atoms with van der Waals surface area (Å²) in [5, 5.41) is 2.67. The largest absolute Gasteiger partial charge is 0.361 e. The zero-order valence-electron chi connectivity index (χ0n) is 11.6. The molecule has 0 saturated heterocycles. The van der Waals surface area contributed by atoms with Gasteiger partial charge < -0.3 is 9.97 Å². The fraction of sp³-hybridized carbons (Fsp3) is 0.111. The minimum atomic E-state index is 1.03. The quantitative estimate of drug-likeness (QED) is 0.540. The van der Waals surface area contributed by atoms with Gasteiger partial charge in [0.1, 0.15) is 0 Å². The van der Waals surface area contributed by atoms with Crippen LogP contribution in [0.4, 0.5) is 0 Å². The van der Waals surface area contributed by atoms with Gasteiger partial charge in [0.25, 0.3) is 0 Å². The minimum Gasteiger partial charge on any atom is -0.361 e. The van der Waals surface area contributed by atoms with E-state index in [0.717, 1.165) is 11.5 Å². The van der Waals surface area contributed by atoms with E-state index in [1.807, 2.05) is 11.8 Å². The van der Waals surface area contributed by atoms with Gasteiger partial charge in [-0.1, -0.05) is 36.4 Å². The maximum Gasteiger partial charge on any atom is 0.0457 e. The molecule has 0 aliphatic carbocycles. The van der Waals surface area contributed by atoms with Crippen molar-refractivity contribution in [3.63, 3.8) is 0 Å². The van der Waals surface area contributed by atoms with Crippen molar-refractivity contribution < 1.29 is 0 Å². The third kappa shape index (κ3) is 2.34. The fourth-order valence-electron chi connectivity index (χ4n) is 2.77. The van der Waals surface area contributed by atoms with Gasteiger partial charge in [0.15, 0.2) is 0 Å². The van der Waals surface area contributed by atoms with Crippen molar-refractivity contribution in [2.45, 2.75) is 11.5 Å². The van der Waals surface area contributed by atoms with Crippen molar-refractivity contribution in [2.24, 2.45) is 0 Å². The average molecular weight is 292 g/mol. The van der Waals surface area contributed by atoms with Gasteiger partial charge in [-0.05, 0) is 23.3 Å². The SMILES string of the molecule is c1ccc2c(CSCc3c[nH]c4ccccc34)c[nH]c2c1. The first kappa shape index (κ1) is 12.6. The molecule has 0 spiro atoms. The first-order chi connectivity index (χ1) is 10.4. The summed E-state index contributed by atoms with van der Waals surface area (Å²) in [6.07, 6.45) is 4.26. The number of fused-ring (bicyclic) bond motifs is 2. The molecule has 21 heavy (non-hydrogen) atoms. The van der Waals surface area contributed by atoms with Crippen LogP contribution in [0.5, 0.6) is 0 Å². The predicted octanol–water partition coefficient (Wildman–Crippen LogP) is 5.08. The van der Waals surface area contributed by atoms with Crippen LogP contribution < -0.4 is 0 Å². The fourth-order valence-corrected chi connectivity index (χ4v) is 3.79. The summed E-state index contributed by atoms with van der Waals surface area (Å²) in [6, 6.07) is 17.0. The Hall–Kier alpha value is -2.13. The van der Waals surface area contributed by atoms with E-state index >= 15 is 0 Å². The first-order valence-electron chi connectivity index (χ1n) is 7.09. The van der Waals surface area contributed by atoms with Gasteiger partial charge in [0.2, 0.25) is 0 Å². The van der Waals surface area contributed by atoms with Gasteiger partial charge in [-0.15, -0.1) is 0 Å². The van der Waals surface area contributed by atoms with Gasteiger partial charge in [0, 0.05) is 45.7 Å². The second-order valence-electron chi connectivity index (χ2n) is 5.21. The van der Waals surface area contributed by atoms with Crippen molar-refractivity contribution >= 4 is 33.6 Å². The topological polar surface area (TPSA) is 31.6 Å². The summed E-state index contributed by atoms with van der Waals surface area (Å²) in [4.78, 5) is 6.68. The molecule has 4 rings (SSSR count). The molecular weight excluding hydrogens is 276 g/mol. The highest BCUT2D eigenvalue weighted by Crippen LogP contribution is 2.27. The minimum absolute atomic E-state index is 1.03. The number of thioether (sulfide) groups is 1. The smallest absolute Gasteiger partial charge is 0.0457 e. The van der Waals surface area contributed by atoms with Crippen LogP contribution in [0.15, 0.2) is 60.9 Å². The normalized spacial score (nSPS) is 11.4. The molecule has 2 aromatic carbocycles. The zero-order chi connectivity index (χ0) is 14.1. The molecule has 0 amide bonds. The number of aromatic amines is 2. The predicted molar refractivity (Wildman–Crippen MR) is 91.6 cm³/mol. The summed E-state index contributed by atoms with van der Waals surface area (Å²) in [6.45, 7) is 0. The van der Waals surface area contributed by atoms with Crippen LogP contribution in [0.25, 0.3) is 21.8 Å². The van der Waals surface area contributed by atoms with Crippen LogP contribution in [0.3, 0.4) is 0 Å². The molecule has 0 aliphatic rings. The highest BCUT2D eigenvalue weighted by molar-refractivity contribution is 7.97. The van der Waals surface area contributed by atoms with Crippen molar-refractivity contribution in [3.05, 3.63) is 72.1 Å². The first-order valence-corrected chi connectivity index (χ1v) is 8.25. The molecule has 2 heterocycles. The number of para-hydroxylation sites is 2. The maximum atomic E-state index is 3.34. The Morgan fingerprint density at radius 1 is 0.667 bits per heavy atom. The number of nitrogens with one attached hydrogen (secondary N) is 2. The van der Waals surface area contributed by atoms with E-state index in [9.17, 15) is 0 Å². The van der Waals surface area contributed by atoms with E-state index in [2.05, 4.69) is 70.9 Å². The lowest BCUT2D eigenvalue weighted by atomic mass is 10.2. The van der Waals surface area contributed by atoms with Crippen LogP contribution in [0.2, 0.25) is 0 Å². The van der Waals surface area contributed by atoms with Crippen molar-refractivity contribution in [3.8, 4) is 0 Å². The third-order valence-corrected chi connectivity index (χ3v) is 4.90. The second-order valence-corrected chi connectivity index (χ2v) is 6.20. The van der Waals surface area contributed by atoms with Crippen LogP contribution in [0.1, 0.15) is 11.1 Å². The standard InChI is InChI=1S/C18H16N2S/c1-3-7-17-15(5-1)13(9-19-17)11-21-12-14-10-20-18-8-4-2-6-16(14)18/h1-10,19-20H,11-12H2. The molecule has 3 heteroatoms.